The molecule has 0 bridgehead atoms. The van der Waals surface area contributed by atoms with Gasteiger partial charge < -0.3 is 4.52 Å². The standard InChI is InChI=1S/C15H21N5O/c1-20(10-14-18-11-21-19-14)9-12-7-16-15(17-8-12)13-5-3-2-4-6-13/h7-8,11,13H,2-6,9-10H2,1H3. The Hall–Kier alpha value is -1.82. The Morgan fingerprint density at radius 3 is 2.52 bits per heavy atom. The zero-order chi connectivity index (χ0) is 14.5. The van der Waals surface area contributed by atoms with Crippen LogP contribution in [0.3, 0.4) is 0 Å². The molecule has 0 aromatic carbocycles. The predicted molar refractivity (Wildman–Crippen MR) is 77.3 cm³/mol. The molecule has 21 heavy (non-hydrogen) atoms. The second-order valence-electron chi connectivity index (χ2n) is 5.80. The van der Waals surface area contributed by atoms with Gasteiger partial charge in [0.15, 0.2) is 5.82 Å². The Labute approximate surface area is 124 Å². The highest BCUT2D eigenvalue weighted by molar-refractivity contribution is 5.08. The van der Waals surface area contributed by atoms with Gasteiger partial charge in [-0.3, -0.25) is 4.90 Å². The van der Waals surface area contributed by atoms with Crippen molar-refractivity contribution in [3.8, 4) is 0 Å². The summed E-state index contributed by atoms with van der Waals surface area (Å²) in [4.78, 5) is 15.3. The van der Waals surface area contributed by atoms with Crippen molar-refractivity contribution in [1.29, 1.82) is 0 Å². The van der Waals surface area contributed by atoms with Crippen LogP contribution in [0, 0.1) is 0 Å². The van der Waals surface area contributed by atoms with E-state index in [1.165, 1.54) is 38.5 Å². The Bertz CT molecular complexity index is 534. The summed E-state index contributed by atoms with van der Waals surface area (Å²) in [5.41, 5.74) is 1.11. The van der Waals surface area contributed by atoms with Crippen molar-refractivity contribution in [1.82, 2.24) is 25.0 Å². The number of aromatic nitrogens is 4. The van der Waals surface area contributed by atoms with E-state index in [0.717, 1.165) is 17.9 Å². The van der Waals surface area contributed by atoms with E-state index in [-0.39, 0.29) is 0 Å². The van der Waals surface area contributed by atoms with E-state index in [1.54, 1.807) is 0 Å². The fourth-order valence-corrected chi connectivity index (χ4v) is 2.89. The van der Waals surface area contributed by atoms with Crippen molar-refractivity contribution in [2.24, 2.45) is 0 Å². The third-order valence-electron chi connectivity index (χ3n) is 3.97. The third-order valence-corrected chi connectivity index (χ3v) is 3.97. The van der Waals surface area contributed by atoms with E-state index in [1.807, 2.05) is 19.4 Å². The quantitative estimate of drug-likeness (QED) is 0.841. The van der Waals surface area contributed by atoms with Gasteiger partial charge in [-0.15, -0.1) is 0 Å². The van der Waals surface area contributed by atoms with Gasteiger partial charge in [-0.25, -0.2) is 9.97 Å². The number of hydrogen-bond acceptors (Lipinski definition) is 6. The minimum absolute atomic E-state index is 0.560. The van der Waals surface area contributed by atoms with Gasteiger partial charge in [0, 0.05) is 30.4 Å². The van der Waals surface area contributed by atoms with Crippen molar-refractivity contribution in [2.45, 2.75) is 51.1 Å². The smallest absolute Gasteiger partial charge is 0.213 e. The Morgan fingerprint density at radius 1 is 1.10 bits per heavy atom. The van der Waals surface area contributed by atoms with Crippen LogP contribution in [0.1, 0.15) is 55.2 Å². The Morgan fingerprint density at radius 2 is 1.86 bits per heavy atom. The molecule has 1 fully saturated rings. The lowest BCUT2D eigenvalue weighted by Crippen LogP contribution is -2.18. The average molecular weight is 287 g/mol. The van der Waals surface area contributed by atoms with Gasteiger partial charge in [-0.05, 0) is 19.9 Å². The lowest BCUT2D eigenvalue weighted by atomic mass is 9.89. The highest BCUT2D eigenvalue weighted by atomic mass is 16.5. The van der Waals surface area contributed by atoms with Crippen LogP contribution in [0.2, 0.25) is 0 Å². The summed E-state index contributed by atoms with van der Waals surface area (Å²) in [7, 11) is 2.02. The molecule has 0 atom stereocenters. The molecule has 3 rings (SSSR count). The van der Waals surface area contributed by atoms with Gasteiger partial charge in [0.1, 0.15) is 5.82 Å². The van der Waals surface area contributed by atoms with E-state index in [2.05, 4.69) is 25.0 Å². The fraction of sp³-hybridized carbons (Fsp3) is 0.600. The lowest BCUT2D eigenvalue weighted by Gasteiger charge is -2.20. The van der Waals surface area contributed by atoms with Crippen molar-refractivity contribution in [3.05, 3.63) is 36.0 Å². The van der Waals surface area contributed by atoms with Crippen LogP contribution in [0.5, 0.6) is 0 Å². The molecule has 0 saturated heterocycles. The van der Waals surface area contributed by atoms with Crippen LogP contribution in [0.4, 0.5) is 0 Å². The summed E-state index contributed by atoms with van der Waals surface area (Å²) in [5.74, 6) is 2.27. The predicted octanol–water partition coefficient (Wildman–Crippen LogP) is 2.54. The zero-order valence-electron chi connectivity index (χ0n) is 12.4. The summed E-state index contributed by atoms with van der Waals surface area (Å²) in [6.45, 7) is 1.43. The summed E-state index contributed by atoms with van der Waals surface area (Å²) >= 11 is 0. The minimum atomic E-state index is 0.560. The Kier molecular flexibility index (Phi) is 4.55. The van der Waals surface area contributed by atoms with Gasteiger partial charge in [0.25, 0.3) is 0 Å². The highest BCUT2D eigenvalue weighted by Crippen LogP contribution is 2.30. The van der Waals surface area contributed by atoms with Crippen LogP contribution in [-0.4, -0.2) is 32.1 Å². The molecule has 6 nitrogen and oxygen atoms in total. The van der Waals surface area contributed by atoms with Crippen LogP contribution < -0.4 is 0 Å². The molecule has 0 amide bonds. The average Bonchev–Trinajstić information content (AvgIpc) is 3.02. The molecule has 0 spiro atoms. The van der Waals surface area contributed by atoms with E-state index < -0.39 is 0 Å². The van der Waals surface area contributed by atoms with Gasteiger partial charge in [0.05, 0.1) is 6.54 Å². The first kappa shape index (κ1) is 14.1. The minimum Gasteiger partial charge on any atom is -0.343 e. The summed E-state index contributed by atoms with van der Waals surface area (Å²) in [5, 5.41) is 3.81. The van der Waals surface area contributed by atoms with Crippen molar-refractivity contribution in [2.75, 3.05) is 7.05 Å². The number of nitrogens with zero attached hydrogens (tertiary/aromatic N) is 5. The fourth-order valence-electron chi connectivity index (χ4n) is 2.89. The van der Waals surface area contributed by atoms with Crippen LogP contribution >= 0.6 is 0 Å². The molecule has 0 aliphatic heterocycles. The molecule has 112 valence electrons. The SMILES string of the molecule is CN(Cc1cnc(C2CCCCC2)nc1)Cc1ncon1. The molecule has 1 saturated carbocycles. The third kappa shape index (κ3) is 3.85. The number of rotatable bonds is 5. The second-order valence-corrected chi connectivity index (χ2v) is 5.80. The molecule has 1 aliphatic carbocycles. The van der Waals surface area contributed by atoms with E-state index >= 15 is 0 Å². The lowest BCUT2D eigenvalue weighted by molar-refractivity contribution is 0.300. The van der Waals surface area contributed by atoms with Gasteiger partial charge in [-0.1, -0.05) is 24.4 Å². The second kappa shape index (κ2) is 6.76. The molecule has 0 radical (unpaired) electrons. The first-order valence-electron chi connectivity index (χ1n) is 7.56. The van der Waals surface area contributed by atoms with Gasteiger partial charge >= 0.3 is 0 Å². The topological polar surface area (TPSA) is 67.9 Å². The van der Waals surface area contributed by atoms with Crippen LogP contribution in [0.15, 0.2) is 23.3 Å². The largest absolute Gasteiger partial charge is 0.343 e. The molecule has 0 N–H and O–H groups in total. The van der Waals surface area contributed by atoms with Crippen molar-refractivity contribution < 1.29 is 4.52 Å². The maximum absolute atomic E-state index is 4.74. The monoisotopic (exact) mass is 287 g/mol. The molecular weight excluding hydrogens is 266 g/mol. The normalized spacial score (nSPS) is 16.5. The molecule has 6 heteroatoms. The van der Waals surface area contributed by atoms with Crippen LogP contribution in [-0.2, 0) is 13.1 Å². The molecule has 2 heterocycles. The first-order valence-corrected chi connectivity index (χ1v) is 7.56. The summed E-state index contributed by atoms with van der Waals surface area (Å²) in [6, 6.07) is 0. The van der Waals surface area contributed by atoms with E-state index in [4.69, 9.17) is 4.52 Å². The van der Waals surface area contributed by atoms with Gasteiger partial charge in [-0.2, -0.15) is 4.98 Å². The van der Waals surface area contributed by atoms with E-state index in [0.29, 0.717) is 18.3 Å². The van der Waals surface area contributed by atoms with Crippen molar-refractivity contribution in [3.63, 3.8) is 0 Å². The van der Waals surface area contributed by atoms with Gasteiger partial charge in [0.2, 0.25) is 6.39 Å². The first-order chi connectivity index (χ1) is 10.3. The zero-order valence-corrected chi connectivity index (χ0v) is 12.4. The van der Waals surface area contributed by atoms with Crippen LogP contribution in [0.25, 0.3) is 0 Å². The maximum atomic E-state index is 4.74. The molecule has 1 aliphatic rings. The van der Waals surface area contributed by atoms with E-state index in [9.17, 15) is 0 Å². The molecule has 0 unspecified atom stereocenters. The highest BCUT2D eigenvalue weighted by Gasteiger charge is 2.17. The van der Waals surface area contributed by atoms with Crippen molar-refractivity contribution >= 4 is 0 Å². The summed E-state index contributed by atoms with van der Waals surface area (Å²) in [6.07, 6.45) is 11.7. The molecule has 2 aromatic rings. The number of hydrogen-bond donors (Lipinski definition) is 0. The summed E-state index contributed by atoms with van der Waals surface area (Å²) < 4.78 is 4.74. The Balaban J connectivity index is 1.56. The maximum Gasteiger partial charge on any atom is 0.213 e. The molecular formula is C15H21N5O. The molecule has 2 aromatic heterocycles.